The first-order valence-corrected chi connectivity index (χ1v) is 19.0. The maximum Gasteiger partial charge on any atom is 0.161 e. The van der Waals surface area contributed by atoms with E-state index < -0.39 is 18.8 Å². The van der Waals surface area contributed by atoms with Crippen LogP contribution >= 0.6 is 0 Å². The quantitative estimate of drug-likeness (QED) is 0.0835. The molecule has 3 N–H and O–H groups in total. The van der Waals surface area contributed by atoms with E-state index in [2.05, 4.69) is 55.3 Å². The molecular weight excluding hydrogens is 636 g/mol. The van der Waals surface area contributed by atoms with E-state index in [0.717, 1.165) is 48.4 Å². The molecule has 0 bridgehead atoms. The van der Waals surface area contributed by atoms with Gasteiger partial charge in [-0.3, -0.25) is 0 Å². The zero-order valence-electron chi connectivity index (χ0n) is 24.6. The minimum absolute atomic E-state index is 0.279. The van der Waals surface area contributed by atoms with Crippen LogP contribution in [-0.2, 0) is 20.8 Å². The van der Waals surface area contributed by atoms with Gasteiger partial charge in [-0.15, -0.1) is 0 Å². The van der Waals surface area contributed by atoms with Crippen molar-refractivity contribution in [2.24, 2.45) is 5.90 Å². The smallest absolute Gasteiger partial charge is 0.161 e. The fourth-order valence-corrected chi connectivity index (χ4v) is 8.95. The maximum atomic E-state index is 13.4. The summed E-state index contributed by atoms with van der Waals surface area (Å²) in [4.78, 5) is 17.5. The number of methoxy groups -OCH3 is 2. The molecule has 1 aromatic heterocycles. The number of hydrogen-bond acceptors (Lipinski definition) is 6. The van der Waals surface area contributed by atoms with E-state index in [0.29, 0.717) is 19.4 Å². The van der Waals surface area contributed by atoms with E-state index in [1.807, 2.05) is 12.1 Å². The Morgan fingerprint density at radius 3 is 2.20 bits per heavy atom. The van der Waals surface area contributed by atoms with Crippen molar-refractivity contribution in [3.05, 3.63) is 86.9 Å². The standard InChI is InChI=1S/C19H26FIN3O2.C13H14O2/c1-4-17-18(21(3,5-2)26-22)12-16(10-11-23-13-25)24-19(17)14-6-8-15(20)9-7-14;1-9-4-5-10-7-12(14-2)13(15-3)8-11(10)6-9/h6-9,12-13H,4-5,10-11,22H2,1-3H3,(H,23,25);4-8H,1-3H3/q-1;. The van der Waals surface area contributed by atoms with Crippen molar-refractivity contribution in [3.63, 3.8) is 0 Å². The Morgan fingerprint density at radius 1 is 0.976 bits per heavy atom. The number of amides is 1. The zero-order valence-corrected chi connectivity index (χ0v) is 26.8. The molecule has 1 amide bonds. The maximum absolute atomic E-state index is 13.4. The molecule has 9 heteroatoms. The zero-order chi connectivity index (χ0) is 30.0. The minimum Gasteiger partial charge on any atom is -0.493 e. The van der Waals surface area contributed by atoms with Crippen LogP contribution in [0.25, 0.3) is 22.0 Å². The Kier molecular flexibility index (Phi) is 11.9. The fraction of sp³-hybridized carbons (Fsp3) is 0.312. The second-order valence-corrected chi connectivity index (χ2v) is 18.0. The number of rotatable bonds is 11. The van der Waals surface area contributed by atoms with Crippen LogP contribution in [0, 0.1) is 16.3 Å². The number of aryl methyl sites for hydroxylation is 1. The average molecular weight is 677 g/mol. The van der Waals surface area contributed by atoms with Gasteiger partial charge in [0.15, 0.2) is 11.5 Å². The van der Waals surface area contributed by atoms with Crippen molar-refractivity contribution in [3.8, 4) is 22.8 Å². The van der Waals surface area contributed by atoms with E-state index in [-0.39, 0.29) is 5.82 Å². The van der Waals surface area contributed by atoms with Crippen LogP contribution in [0.5, 0.6) is 11.5 Å². The van der Waals surface area contributed by atoms with Crippen molar-refractivity contribution < 1.29 is 40.7 Å². The second-order valence-electron chi connectivity index (χ2n) is 9.45. The van der Waals surface area contributed by atoms with Crippen LogP contribution in [0.3, 0.4) is 0 Å². The topological polar surface area (TPSA) is 95.7 Å². The Hall–Kier alpha value is -3.28. The number of carbonyl (C=O) groups is 1. The number of nitrogens with zero attached hydrogens (tertiary/aromatic N) is 1. The molecule has 0 aliphatic rings. The van der Waals surface area contributed by atoms with Gasteiger partial charge in [0.25, 0.3) is 0 Å². The van der Waals surface area contributed by atoms with Crippen LogP contribution in [0.15, 0.2) is 60.7 Å². The number of nitrogens with two attached hydrogens (primary N) is 1. The predicted molar refractivity (Wildman–Crippen MR) is 159 cm³/mol. The monoisotopic (exact) mass is 676 g/mol. The molecule has 0 fully saturated rings. The number of hydrogen-bond donors (Lipinski definition) is 2. The number of ether oxygens (including phenoxy) is 2. The Labute approximate surface area is 246 Å². The van der Waals surface area contributed by atoms with Crippen LogP contribution in [0.1, 0.15) is 30.7 Å². The third kappa shape index (κ3) is 7.93. The molecular formula is C32H40FIN3O4-. The van der Waals surface area contributed by atoms with Crippen molar-refractivity contribution in [1.82, 2.24) is 10.3 Å². The molecule has 0 aliphatic carbocycles. The second kappa shape index (κ2) is 15.1. The molecule has 0 saturated heterocycles. The van der Waals surface area contributed by atoms with Gasteiger partial charge in [-0.25, -0.2) is 0 Å². The predicted octanol–water partition coefficient (Wildman–Crippen LogP) is 2.69. The summed E-state index contributed by atoms with van der Waals surface area (Å²) < 4.78 is 31.4. The molecule has 0 saturated carbocycles. The van der Waals surface area contributed by atoms with E-state index in [4.69, 9.17) is 23.5 Å². The number of fused-ring (bicyclic) bond motifs is 1. The largest absolute Gasteiger partial charge is 0.493 e. The molecule has 41 heavy (non-hydrogen) atoms. The Morgan fingerprint density at radius 2 is 1.63 bits per heavy atom. The van der Waals surface area contributed by atoms with E-state index in [9.17, 15) is 9.18 Å². The molecule has 222 valence electrons. The molecule has 1 unspecified atom stereocenters. The molecule has 7 nitrogen and oxygen atoms in total. The molecule has 3 aromatic carbocycles. The molecule has 0 radical (unpaired) electrons. The number of halogens is 2. The van der Waals surface area contributed by atoms with Crippen molar-refractivity contribution >= 4 is 17.2 Å². The van der Waals surface area contributed by atoms with Crippen molar-refractivity contribution in [2.45, 2.75) is 33.6 Å². The van der Waals surface area contributed by atoms with E-state index in [1.165, 1.54) is 28.5 Å². The molecule has 1 atom stereocenters. The normalized spacial score (nSPS) is 13.0. The average Bonchev–Trinajstić information content (AvgIpc) is 3.00. The Bertz CT molecular complexity index is 1460. The summed E-state index contributed by atoms with van der Waals surface area (Å²) in [7, 11) is 3.30. The third-order valence-electron chi connectivity index (χ3n) is 6.84. The number of alkyl halides is 2. The van der Waals surface area contributed by atoms with Crippen LogP contribution < -0.4 is 39.5 Å². The van der Waals surface area contributed by atoms with Gasteiger partial charge < -0.3 is 9.47 Å². The van der Waals surface area contributed by atoms with Gasteiger partial charge in [-0.1, -0.05) is 23.8 Å². The Balaban J connectivity index is 0.000000260. The summed E-state index contributed by atoms with van der Waals surface area (Å²) in [6.45, 7) is 6.75. The van der Waals surface area contributed by atoms with Gasteiger partial charge in [0.05, 0.1) is 14.2 Å². The van der Waals surface area contributed by atoms with Crippen LogP contribution in [0.2, 0.25) is 0 Å². The van der Waals surface area contributed by atoms with Gasteiger partial charge in [-0.05, 0) is 29.8 Å². The van der Waals surface area contributed by atoms with Gasteiger partial charge in [0.1, 0.15) is 0 Å². The van der Waals surface area contributed by atoms with Gasteiger partial charge >= 0.3 is 159 Å². The summed E-state index contributed by atoms with van der Waals surface area (Å²) in [5, 5.41) is 5.01. The first kappa shape index (κ1) is 32.2. The van der Waals surface area contributed by atoms with Gasteiger partial charge in [-0.2, -0.15) is 0 Å². The number of aromatic nitrogens is 1. The first-order valence-electron chi connectivity index (χ1n) is 13.4. The van der Waals surface area contributed by atoms with E-state index in [1.54, 1.807) is 26.4 Å². The van der Waals surface area contributed by atoms with Crippen LogP contribution in [0.4, 0.5) is 4.39 Å². The summed E-state index contributed by atoms with van der Waals surface area (Å²) in [5.41, 5.74) is 4.92. The fourth-order valence-electron chi connectivity index (χ4n) is 4.47. The van der Waals surface area contributed by atoms with Crippen LogP contribution in [-0.4, -0.2) is 41.5 Å². The molecule has 1 heterocycles. The van der Waals surface area contributed by atoms with Crippen molar-refractivity contribution in [2.75, 3.05) is 30.1 Å². The number of benzene rings is 3. The van der Waals surface area contributed by atoms with E-state index >= 15 is 0 Å². The minimum atomic E-state index is -2.81. The summed E-state index contributed by atoms with van der Waals surface area (Å²) in [5.74, 6) is 6.97. The van der Waals surface area contributed by atoms with Crippen molar-refractivity contribution in [1.29, 1.82) is 0 Å². The van der Waals surface area contributed by atoms with Gasteiger partial charge in [0, 0.05) is 0 Å². The molecule has 0 spiro atoms. The molecule has 4 rings (SSSR count). The molecule has 0 aliphatic heterocycles. The summed E-state index contributed by atoms with van der Waals surface area (Å²) in [6, 6.07) is 18.8. The molecule has 4 aromatic rings. The number of nitrogens with one attached hydrogen (secondary N) is 1. The number of pyridine rings is 1. The first-order chi connectivity index (χ1) is 19.7. The summed E-state index contributed by atoms with van der Waals surface area (Å²) >= 11 is -2.81. The number of carbonyl (C=O) groups excluding carboxylic acids is 1. The SMILES string of the molecule is CCc1c([I-](C)(CC)ON)cc(CCNC=O)nc1-c1ccc(F)cc1.COc1cc2ccc(C)cc2cc1OC. The summed E-state index contributed by atoms with van der Waals surface area (Å²) in [6.07, 6.45) is 2.07. The third-order valence-corrected chi connectivity index (χ3v) is 14.3. The van der Waals surface area contributed by atoms with Gasteiger partial charge in [0.2, 0.25) is 0 Å².